The Labute approximate surface area is 113 Å². The number of barbiturate groups is 1. The second-order valence-electron chi connectivity index (χ2n) is 4.86. The molecule has 20 heavy (non-hydrogen) atoms. The van der Waals surface area contributed by atoms with E-state index in [1.54, 1.807) is 24.3 Å². The van der Waals surface area contributed by atoms with E-state index in [0.29, 0.717) is 5.56 Å². The van der Waals surface area contributed by atoms with Gasteiger partial charge in [-0.15, -0.1) is 0 Å². The Kier molecular flexibility index (Phi) is 2.40. The van der Waals surface area contributed by atoms with E-state index < -0.39 is 29.3 Å². The number of hydrogen-bond acceptors (Lipinski definition) is 4. The maximum absolute atomic E-state index is 12.4. The van der Waals surface area contributed by atoms with Gasteiger partial charge < -0.3 is 4.90 Å². The van der Waals surface area contributed by atoms with E-state index in [1.807, 2.05) is 10.6 Å². The van der Waals surface area contributed by atoms with Gasteiger partial charge in [-0.3, -0.25) is 25.0 Å². The molecule has 1 fully saturated rings. The van der Waals surface area contributed by atoms with Gasteiger partial charge in [-0.2, -0.15) is 0 Å². The Morgan fingerprint density at radius 2 is 1.65 bits per heavy atom. The Morgan fingerprint density at radius 3 is 2.25 bits per heavy atom. The molecule has 7 nitrogen and oxygen atoms in total. The van der Waals surface area contributed by atoms with Gasteiger partial charge >= 0.3 is 6.03 Å². The molecule has 102 valence electrons. The minimum Gasteiger partial charge on any atom is -0.312 e. The molecule has 2 N–H and O–H groups in total. The average Bonchev–Trinajstić information content (AvgIpc) is 2.74. The fourth-order valence-corrected chi connectivity index (χ4v) is 2.44. The molecule has 0 aliphatic carbocycles. The zero-order valence-electron chi connectivity index (χ0n) is 10.6. The van der Waals surface area contributed by atoms with E-state index in [4.69, 9.17) is 0 Å². The van der Waals surface area contributed by atoms with E-state index in [0.717, 1.165) is 5.56 Å². The zero-order chi connectivity index (χ0) is 14.5. The summed E-state index contributed by atoms with van der Waals surface area (Å²) in [5, 5.41) is 4.04. The summed E-state index contributed by atoms with van der Waals surface area (Å²) in [6.45, 7) is 1.48. The van der Waals surface area contributed by atoms with Crippen LogP contribution in [0.2, 0.25) is 0 Å². The molecule has 1 aromatic carbocycles. The van der Waals surface area contributed by atoms with Gasteiger partial charge in [0, 0.05) is 12.1 Å². The fourth-order valence-electron chi connectivity index (χ4n) is 2.44. The molecule has 1 aromatic rings. The molecular formula is C13H11N3O4. The molecule has 0 radical (unpaired) electrons. The number of urea groups is 1. The van der Waals surface area contributed by atoms with E-state index >= 15 is 0 Å². The molecule has 2 aliphatic rings. The monoisotopic (exact) mass is 273 g/mol. The summed E-state index contributed by atoms with van der Waals surface area (Å²) in [6.07, 6.45) is 0. The van der Waals surface area contributed by atoms with Crippen LogP contribution in [0.3, 0.4) is 0 Å². The molecule has 2 heterocycles. The average molecular weight is 273 g/mol. The van der Waals surface area contributed by atoms with Crippen LogP contribution in [-0.4, -0.2) is 34.2 Å². The Morgan fingerprint density at radius 1 is 1.05 bits per heavy atom. The molecule has 0 unspecified atom stereocenters. The molecule has 2 aliphatic heterocycles. The lowest BCUT2D eigenvalue weighted by Gasteiger charge is -2.37. The van der Waals surface area contributed by atoms with Crippen LogP contribution < -0.4 is 10.6 Å². The molecular weight excluding hydrogens is 262 g/mol. The first-order valence-electron chi connectivity index (χ1n) is 6.01. The lowest BCUT2D eigenvalue weighted by molar-refractivity contribution is -0.144. The smallest absolute Gasteiger partial charge is 0.312 e. The van der Waals surface area contributed by atoms with Crippen molar-refractivity contribution in [2.75, 3.05) is 0 Å². The van der Waals surface area contributed by atoms with Gasteiger partial charge in [0.2, 0.25) is 0 Å². The maximum Gasteiger partial charge on any atom is 0.328 e. The highest BCUT2D eigenvalue weighted by Crippen LogP contribution is 2.30. The Balaban J connectivity index is 2.02. The van der Waals surface area contributed by atoms with Crippen LogP contribution >= 0.6 is 0 Å². The van der Waals surface area contributed by atoms with Crippen LogP contribution in [0.15, 0.2) is 24.3 Å². The fraction of sp³-hybridized carbons (Fsp3) is 0.231. The van der Waals surface area contributed by atoms with Crippen LogP contribution in [0.5, 0.6) is 0 Å². The van der Waals surface area contributed by atoms with Gasteiger partial charge in [-0.05, 0) is 18.6 Å². The van der Waals surface area contributed by atoms with Crippen molar-refractivity contribution in [3.63, 3.8) is 0 Å². The van der Waals surface area contributed by atoms with Crippen molar-refractivity contribution in [3.8, 4) is 0 Å². The third-order valence-electron chi connectivity index (χ3n) is 3.70. The van der Waals surface area contributed by atoms with Crippen molar-refractivity contribution < 1.29 is 19.2 Å². The number of carbonyl (C=O) groups is 4. The number of nitrogens with one attached hydrogen (secondary N) is 2. The summed E-state index contributed by atoms with van der Waals surface area (Å²) in [5.74, 6) is -2.00. The lowest BCUT2D eigenvalue weighted by atomic mass is 9.96. The number of hydrogen-bond donors (Lipinski definition) is 2. The van der Waals surface area contributed by atoms with Crippen LogP contribution in [0.4, 0.5) is 4.79 Å². The van der Waals surface area contributed by atoms with Crippen LogP contribution in [-0.2, 0) is 16.1 Å². The van der Waals surface area contributed by atoms with Gasteiger partial charge in [-0.25, -0.2) is 4.79 Å². The molecule has 0 aromatic heterocycles. The highest BCUT2D eigenvalue weighted by molar-refractivity contribution is 6.24. The summed E-state index contributed by atoms with van der Waals surface area (Å²) >= 11 is 0. The van der Waals surface area contributed by atoms with E-state index in [-0.39, 0.29) is 6.54 Å². The molecule has 5 amide bonds. The normalized spacial score (nSPS) is 20.6. The maximum atomic E-state index is 12.4. The SMILES string of the molecule is CC1(N2Cc3ccccc3C2=O)C(=O)NC(=O)NC1=O. The summed E-state index contributed by atoms with van der Waals surface area (Å²) in [6, 6.07) is 6.03. The van der Waals surface area contributed by atoms with E-state index in [9.17, 15) is 19.2 Å². The molecule has 0 spiro atoms. The second-order valence-corrected chi connectivity index (χ2v) is 4.86. The first-order chi connectivity index (χ1) is 9.44. The summed E-state index contributed by atoms with van der Waals surface area (Å²) in [4.78, 5) is 48.7. The van der Waals surface area contributed by atoms with Gasteiger partial charge in [0.25, 0.3) is 17.7 Å². The van der Waals surface area contributed by atoms with Crippen molar-refractivity contribution >= 4 is 23.8 Å². The van der Waals surface area contributed by atoms with Crippen molar-refractivity contribution in [2.24, 2.45) is 0 Å². The minimum atomic E-state index is -1.73. The summed E-state index contributed by atoms with van der Waals surface area (Å²) in [7, 11) is 0. The largest absolute Gasteiger partial charge is 0.328 e. The Hall–Kier alpha value is -2.70. The van der Waals surface area contributed by atoms with Gasteiger partial charge in [0.15, 0.2) is 5.54 Å². The summed E-state index contributed by atoms with van der Waals surface area (Å²) in [5.41, 5.74) is -0.522. The highest BCUT2D eigenvalue weighted by Gasteiger charge is 2.54. The highest BCUT2D eigenvalue weighted by atomic mass is 16.2. The predicted molar refractivity (Wildman–Crippen MR) is 66.4 cm³/mol. The van der Waals surface area contributed by atoms with Crippen molar-refractivity contribution in [2.45, 2.75) is 19.0 Å². The third kappa shape index (κ3) is 1.46. The molecule has 1 saturated heterocycles. The third-order valence-corrected chi connectivity index (χ3v) is 3.70. The van der Waals surface area contributed by atoms with Gasteiger partial charge in [-0.1, -0.05) is 18.2 Å². The number of rotatable bonds is 1. The quantitative estimate of drug-likeness (QED) is 0.691. The Bertz CT molecular complexity index is 647. The minimum absolute atomic E-state index is 0.153. The first kappa shape index (κ1) is 12.3. The number of amides is 5. The van der Waals surface area contributed by atoms with Gasteiger partial charge in [0.05, 0.1) is 0 Å². The van der Waals surface area contributed by atoms with Crippen LogP contribution in [0.1, 0.15) is 22.8 Å². The van der Waals surface area contributed by atoms with Crippen molar-refractivity contribution in [1.82, 2.24) is 15.5 Å². The predicted octanol–water partition coefficient (Wildman–Crippen LogP) is -0.233. The van der Waals surface area contributed by atoms with Gasteiger partial charge in [0.1, 0.15) is 0 Å². The first-order valence-corrected chi connectivity index (χ1v) is 6.01. The number of benzene rings is 1. The van der Waals surface area contributed by atoms with E-state index in [2.05, 4.69) is 0 Å². The standard InChI is InChI=1S/C13H11N3O4/c1-13(10(18)14-12(20)15-11(13)19)16-6-7-4-2-3-5-8(7)9(16)17/h2-5H,6H2,1H3,(H2,14,15,18,19,20). The van der Waals surface area contributed by atoms with Crippen LogP contribution in [0, 0.1) is 0 Å². The molecule has 7 heteroatoms. The number of fused-ring (bicyclic) bond motifs is 1. The van der Waals surface area contributed by atoms with Crippen molar-refractivity contribution in [1.29, 1.82) is 0 Å². The number of nitrogens with zero attached hydrogens (tertiary/aromatic N) is 1. The van der Waals surface area contributed by atoms with E-state index in [1.165, 1.54) is 11.8 Å². The molecule has 0 atom stereocenters. The van der Waals surface area contributed by atoms with Crippen LogP contribution in [0.25, 0.3) is 0 Å². The number of imide groups is 2. The summed E-state index contributed by atoms with van der Waals surface area (Å²) < 4.78 is 0. The zero-order valence-corrected chi connectivity index (χ0v) is 10.6. The molecule has 0 saturated carbocycles. The lowest BCUT2D eigenvalue weighted by Crippen LogP contribution is -2.71. The van der Waals surface area contributed by atoms with Crippen molar-refractivity contribution in [3.05, 3.63) is 35.4 Å². The molecule has 3 rings (SSSR count). The topological polar surface area (TPSA) is 95.6 Å². The molecule has 0 bridgehead atoms. The second kappa shape index (κ2) is 3.89. The number of carbonyl (C=O) groups excluding carboxylic acids is 4.